The van der Waals surface area contributed by atoms with Crippen LogP contribution in [-0.2, 0) is 4.79 Å². The van der Waals surface area contributed by atoms with Gasteiger partial charge in [-0.05, 0) is 45.1 Å². The van der Waals surface area contributed by atoms with E-state index in [-0.39, 0.29) is 17.6 Å². The number of hydrogen-bond donors (Lipinski definition) is 2. The summed E-state index contributed by atoms with van der Waals surface area (Å²) in [5.74, 6) is -0.676. The van der Waals surface area contributed by atoms with Crippen molar-refractivity contribution in [3.63, 3.8) is 0 Å². The Morgan fingerprint density at radius 3 is 2.86 bits per heavy atom. The fourth-order valence-electron chi connectivity index (χ4n) is 2.50. The van der Waals surface area contributed by atoms with Gasteiger partial charge in [-0.25, -0.2) is 4.39 Å². The third kappa shape index (κ3) is 4.15. The lowest BCUT2D eigenvalue weighted by Gasteiger charge is -2.26. The van der Waals surface area contributed by atoms with Crippen LogP contribution < -0.4 is 11.1 Å². The number of nitrogens with one attached hydrogen (secondary N) is 1. The Bertz CT molecular complexity index is 508. The summed E-state index contributed by atoms with van der Waals surface area (Å²) in [4.78, 5) is 16.7. The fraction of sp³-hybridized carbons (Fsp3) is 0.533. The number of carbonyl (C=O) groups excluding carboxylic acids is 1. The third-order valence-corrected chi connectivity index (χ3v) is 3.93. The Morgan fingerprint density at radius 1 is 1.33 bits per heavy atom. The van der Waals surface area contributed by atoms with E-state index in [1.54, 1.807) is 0 Å². The van der Waals surface area contributed by atoms with Gasteiger partial charge in [-0.3, -0.25) is 9.69 Å². The molecule has 1 aliphatic rings. The van der Waals surface area contributed by atoms with Crippen molar-refractivity contribution in [2.45, 2.75) is 19.4 Å². The number of carbonyl (C=O) groups is 1. The van der Waals surface area contributed by atoms with Crippen LogP contribution in [0.15, 0.2) is 18.2 Å². The SMILES string of the molecule is CC(C(=O)Nc1cc(N)ccc1F)N1CCCN(C)CC1. The van der Waals surface area contributed by atoms with Gasteiger partial charge in [-0.1, -0.05) is 0 Å². The number of hydrogen-bond acceptors (Lipinski definition) is 4. The van der Waals surface area contributed by atoms with E-state index in [0.29, 0.717) is 5.69 Å². The van der Waals surface area contributed by atoms with E-state index >= 15 is 0 Å². The number of rotatable bonds is 3. The van der Waals surface area contributed by atoms with Gasteiger partial charge in [-0.15, -0.1) is 0 Å². The number of benzene rings is 1. The molecule has 1 aromatic carbocycles. The zero-order chi connectivity index (χ0) is 15.4. The summed E-state index contributed by atoms with van der Waals surface area (Å²) in [5.41, 5.74) is 6.19. The minimum atomic E-state index is -0.472. The molecule has 1 aromatic rings. The Morgan fingerprint density at radius 2 is 2.10 bits per heavy atom. The Kier molecular flexibility index (Phi) is 5.14. The molecule has 1 fully saturated rings. The van der Waals surface area contributed by atoms with Gasteiger partial charge in [0, 0.05) is 25.3 Å². The van der Waals surface area contributed by atoms with Gasteiger partial charge in [0.05, 0.1) is 11.7 Å². The van der Waals surface area contributed by atoms with Crippen molar-refractivity contribution in [3.8, 4) is 0 Å². The van der Waals surface area contributed by atoms with Gasteiger partial charge in [0.25, 0.3) is 0 Å². The van der Waals surface area contributed by atoms with Gasteiger partial charge < -0.3 is 16.0 Å². The molecule has 0 spiro atoms. The molecule has 1 heterocycles. The molecule has 1 atom stereocenters. The van der Waals surface area contributed by atoms with Crippen molar-refractivity contribution >= 4 is 17.3 Å². The highest BCUT2D eigenvalue weighted by molar-refractivity contribution is 5.95. The van der Waals surface area contributed by atoms with Crippen molar-refractivity contribution in [1.82, 2.24) is 9.80 Å². The molecule has 6 heteroatoms. The van der Waals surface area contributed by atoms with Gasteiger partial charge >= 0.3 is 0 Å². The molecule has 1 aliphatic heterocycles. The summed E-state index contributed by atoms with van der Waals surface area (Å²) < 4.78 is 13.7. The standard InChI is InChI=1S/C15H23FN4O/c1-11(20-7-3-6-19(2)8-9-20)15(21)18-14-10-12(17)4-5-13(14)16/h4-5,10-11H,3,6-9,17H2,1-2H3,(H,18,21). The monoisotopic (exact) mass is 294 g/mol. The highest BCUT2D eigenvalue weighted by atomic mass is 19.1. The first-order valence-corrected chi connectivity index (χ1v) is 7.26. The van der Waals surface area contributed by atoms with Gasteiger partial charge in [-0.2, -0.15) is 0 Å². The summed E-state index contributed by atoms with van der Waals surface area (Å²) in [6.45, 7) is 5.53. The highest BCUT2D eigenvalue weighted by Crippen LogP contribution is 2.18. The zero-order valence-electron chi connectivity index (χ0n) is 12.6. The molecule has 0 aliphatic carbocycles. The van der Waals surface area contributed by atoms with Gasteiger partial charge in [0.15, 0.2) is 0 Å². The first-order valence-electron chi connectivity index (χ1n) is 7.26. The first kappa shape index (κ1) is 15.7. The minimum Gasteiger partial charge on any atom is -0.399 e. The molecule has 21 heavy (non-hydrogen) atoms. The molecule has 0 saturated carbocycles. The average Bonchev–Trinajstić information content (AvgIpc) is 2.67. The van der Waals surface area contributed by atoms with Crippen LogP contribution in [0, 0.1) is 5.82 Å². The molecule has 2 rings (SSSR count). The van der Waals surface area contributed by atoms with Crippen LogP contribution >= 0.6 is 0 Å². The molecule has 0 bridgehead atoms. The average molecular weight is 294 g/mol. The topological polar surface area (TPSA) is 61.6 Å². The molecule has 3 N–H and O–H groups in total. The quantitative estimate of drug-likeness (QED) is 0.827. The number of anilines is 2. The first-order chi connectivity index (χ1) is 9.97. The van der Waals surface area contributed by atoms with E-state index < -0.39 is 5.82 Å². The summed E-state index contributed by atoms with van der Waals surface area (Å²) >= 11 is 0. The van der Waals surface area contributed by atoms with Crippen LogP contribution in [0.3, 0.4) is 0 Å². The van der Waals surface area contributed by atoms with Gasteiger partial charge in [0.1, 0.15) is 5.82 Å². The molecule has 0 radical (unpaired) electrons. The summed E-state index contributed by atoms with van der Waals surface area (Å²) in [6, 6.07) is 3.88. The number of halogens is 1. The molecule has 116 valence electrons. The number of likely N-dealkylation sites (N-methyl/N-ethyl adjacent to an activating group) is 1. The number of nitrogen functional groups attached to an aromatic ring is 1. The predicted molar refractivity (Wildman–Crippen MR) is 82.6 cm³/mol. The van der Waals surface area contributed by atoms with Crippen LogP contribution in [0.4, 0.5) is 15.8 Å². The normalized spacial score (nSPS) is 19.0. The van der Waals surface area contributed by atoms with Crippen molar-refractivity contribution in [1.29, 1.82) is 0 Å². The Balaban J connectivity index is 2.00. The van der Waals surface area contributed by atoms with E-state index in [0.717, 1.165) is 32.6 Å². The van der Waals surface area contributed by atoms with Crippen LogP contribution in [0.5, 0.6) is 0 Å². The molecule has 1 amide bonds. The van der Waals surface area contributed by atoms with Crippen LogP contribution in [0.25, 0.3) is 0 Å². The second-order valence-electron chi connectivity index (χ2n) is 5.60. The van der Waals surface area contributed by atoms with E-state index in [2.05, 4.69) is 22.2 Å². The molecule has 1 unspecified atom stereocenters. The molecule has 0 aromatic heterocycles. The van der Waals surface area contributed by atoms with Crippen LogP contribution in [0.2, 0.25) is 0 Å². The third-order valence-electron chi connectivity index (χ3n) is 3.93. The number of nitrogens with zero attached hydrogens (tertiary/aromatic N) is 2. The van der Waals surface area contributed by atoms with E-state index in [1.165, 1.54) is 18.2 Å². The minimum absolute atomic E-state index is 0.138. The fourth-order valence-corrected chi connectivity index (χ4v) is 2.50. The van der Waals surface area contributed by atoms with E-state index in [1.807, 2.05) is 6.92 Å². The van der Waals surface area contributed by atoms with Gasteiger partial charge in [0.2, 0.25) is 5.91 Å². The van der Waals surface area contributed by atoms with Crippen molar-refractivity contribution in [2.75, 3.05) is 44.3 Å². The lowest BCUT2D eigenvalue weighted by atomic mass is 10.2. The zero-order valence-corrected chi connectivity index (χ0v) is 12.6. The second kappa shape index (κ2) is 6.87. The molecular weight excluding hydrogens is 271 g/mol. The second-order valence-corrected chi connectivity index (χ2v) is 5.60. The van der Waals surface area contributed by atoms with Crippen molar-refractivity contribution < 1.29 is 9.18 Å². The van der Waals surface area contributed by atoms with Crippen molar-refractivity contribution in [2.24, 2.45) is 0 Å². The van der Waals surface area contributed by atoms with Crippen molar-refractivity contribution in [3.05, 3.63) is 24.0 Å². The maximum atomic E-state index is 13.7. The Hall–Kier alpha value is -1.66. The molecular formula is C15H23FN4O. The summed E-state index contributed by atoms with van der Waals surface area (Å²) in [7, 11) is 2.08. The number of nitrogens with two attached hydrogens (primary N) is 1. The maximum Gasteiger partial charge on any atom is 0.241 e. The molecule has 5 nitrogen and oxygen atoms in total. The Labute approximate surface area is 124 Å². The summed E-state index contributed by atoms with van der Waals surface area (Å²) in [5, 5.41) is 2.63. The maximum absolute atomic E-state index is 13.7. The van der Waals surface area contributed by atoms with E-state index in [4.69, 9.17) is 5.73 Å². The lowest BCUT2D eigenvalue weighted by molar-refractivity contribution is -0.120. The highest BCUT2D eigenvalue weighted by Gasteiger charge is 2.23. The van der Waals surface area contributed by atoms with Crippen LogP contribution in [-0.4, -0.2) is 55.0 Å². The lowest BCUT2D eigenvalue weighted by Crippen LogP contribution is -2.43. The smallest absolute Gasteiger partial charge is 0.241 e. The van der Waals surface area contributed by atoms with Crippen LogP contribution in [0.1, 0.15) is 13.3 Å². The number of amides is 1. The predicted octanol–water partition coefficient (Wildman–Crippen LogP) is 1.37. The summed E-state index contributed by atoms with van der Waals surface area (Å²) in [6.07, 6.45) is 1.03. The molecule has 1 saturated heterocycles. The largest absolute Gasteiger partial charge is 0.399 e. The van der Waals surface area contributed by atoms with E-state index in [9.17, 15) is 9.18 Å².